The van der Waals surface area contributed by atoms with Gasteiger partial charge in [0.05, 0.1) is 6.42 Å². The van der Waals surface area contributed by atoms with Gasteiger partial charge in [-0.2, -0.15) is 0 Å². The standard InChI is InChI=1S/C18H19NO2/c1-3-14-9-10-17(16(11-14)12-18(20)19-2)21-13-15-7-5-4-6-8-15/h3-11H,1,12-13H2,2H3,(H,19,20). The highest BCUT2D eigenvalue weighted by Crippen LogP contribution is 2.22. The summed E-state index contributed by atoms with van der Waals surface area (Å²) in [5.74, 6) is 0.689. The van der Waals surface area contributed by atoms with Crippen molar-refractivity contribution < 1.29 is 9.53 Å². The number of carbonyl (C=O) groups is 1. The topological polar surface area (TPSA) is 38.3 Å². The van der Waals surface area contributed by atoms with Gasteiger partial charge in [-0.25, -0.2) is 0 Å². The number of benzene rings is 2. The van der Waals surface area contributed by atoms with Gasteiger partial charge in [0.25, 0.3) is 0 Å². The minimum Gasteiger partial charge on any atom is -0.489 e. The zero-order chi connectivity index (χ0) is 15.1. The summed E-state index contributed by atoms with van der Waals surface area (Å²) in [7, 11) is 1.63. The lowest BCUT2D eigenvalue weighted by Crippen LogP contribution is -2.20. The van der Waals surface area contributed by atoms with E-state index in [1.54, 1.807) is 13.1 Å². The second-order valence-electron chi connectivity index (χ2n) is 4.70. The van der Waals surface area contributed by atoms with Crippen molar-refractivity contribution in [3.63, 3.8) is 0 Å². The summed E-state index contributed by atoms with van der Waals surface area (Å²) in [6.45, 7) is 4.23. The summed E-state index contributed by atoms with van der Waals surface area (Å²) < 4.78 is 5.85. The third-order valence-corrected chi connectivity index (χ3v) is 3.19. The molecule has 0 aliphatic rings. The number of nitrogens with one attached hydrogen (secondary N) is 1. The second-order valence-corrected chi connectivity index (χ2v) is 4.70. The SMILES string of the molecule is C=Cc1ccc(OCc2ccccc2)c(CC(=O)NC)c1. The molecule has 1 N–H and O–H groups in total. The van der Waals surface area contributed by atoms with Crippen LogP contribution in [0.2, 0.25) is 0 Å². The fourth-order valence-electron chi connectivity index (χ4n) is 2.00. The first-order chi connectivity index (χ1) is 10.2. The van der Waals surface area contributed by atoms with Crippen LogP contribution in [0.4, 0.5) is 0 Å². The van der Waals surface area contributed by atoms with Crippen LogP contribution in [-0.2, 0) is 17.8 Å². The number of hydrogen-bond acceptors (Lipinski definition) is 2. The zero-order valence-corrected chi connectivity index (χ0v) is 12.1. The lowest BCUT2D eigenvalue weighted by Gasteiger charge is -2.12. The molecule has 0 spiro atoms. The molecule has 0 saturated carbocycles. The van der Waals surface area contributed by atoms with Crippen molar-refractivity contribution in [2.75, 3.05) is 7.05 Å². The summed E-state index contributed by atoms with van der Waals surface area (Å²) >= 11 is 0. The Balaban J connectivity index is 2.17. The van der Waals surface area contributed by atoms with Gasteiger partial charge in [-0.15, -0.1) is 0 Å². The first-order valence-corrected chi connectivity index (χ1v) is 6.85. The van der Waals surface area contributed by atoms with Crippen molar-refractivity contribution in [1.29, 1.82) is 0 Å². The minimum absolute atomic E-state index is 0.0410. The molecule has 0 atom stereocenters. The van der Waals surface area contributed by atoms with Gasteiger partial charge in [0.1, 0.15) is 12.4 Å². The Morgan fingerprint density at radius 3 is 2.67 bits per heavy atom. The molecule has 0 heterocycles. The predicted octanol–water partition coefficient (Wildman–Crippen LogP) is 3.20. The molecule has 1 amide bonds. The average Bonchev–Trinajstić information content (AvgIpc) is 2.54. The molecule has 0 radical (unpaired) electrons. The number of rotatable bonds is 6. The highest BCUT2D eigenvalue weighted by atomic mass is 16.5. The van der Waals surface area contributed by atoms with E-state index in [-0.39, 0.29) is 5.91 Å². The Morgan fingerprint density at radius 1 is 1.24 bits per heavy atom. The molecule has 3 heteroatoms. The Morgan fingerprint density at radius 2 is 2.00 bits per heavy atom. The van der Waals surface area contributed by atoms with Crippen molar-refractivity contribution in [2.24, 2.45) is 0 Å². The molecule has 0 unspecified atom stereocenters. The van der Waals surface area contributed by atoms with Gasteiger partial charge in [0.15, 0.2) is 0 Å². The van der Waals surface area contributed by atoms with Gasteiger partial charge in [-0.1, -0.05) is 49.1 Å². The molecule has 0 fully saturated rings. The lowest BCUT2D eigenvalue weighted by atomic mass is 10.1. The van der Waals surface area contributed by atoms with Crippen LogP contribution < -0.4 is 10.1 Å². The average molecular weight is 281 g/mol. The van der Waals surface area contributed by atoms with Crippen molar-refractivity contribution in [3.05, 3.63) is 71.8 Å². The van der Waals surface area contributed by atoms with E-state index in [1.165, 1.54) is 0 Å². The van der Waals surface area contributed by atoms with Gasteiger partial charge in [-0.3, -0.25) is 4.79 Å². The van der Waals surface area contributed by atoms with E-state index in [2.05, 4.69) is 11.9 Å². The maximum atomic E-state index is 11.6. The molecule has 0 aliphatic heterocycles. The largest absolute Gasteiger partial charge is 0.489 e. The van der Waals surface area contributed by atoms with Crippen LogP contribution >= 0.6 is 0 Å². The molecule has 2 aromatic rings. The van der Waals surface area contributed by atoms with Crippen molar-refractivity contribution >= 4 is 12.0 Å². The molecule has 2 aromatic carbocycles. The van der Waals surface area contributed by atoms with E-state index in [0.29, 0.717) is 13.0 Å². The molecule has 2 rings (SSSR count). The Bertz CT molecular complexity index is 620. The second kappa shape index (κ2) is 7.29. The maximum absolute atomic E-state index is 11.6. The monoisotopic (exact) mass is 281 g/mol. The van der Waals surface area contributed by atoms with Crippen LogP contribution in [0.3, 0.4) is 0 Å². The van der Waals surface area contributed by atoms with E-state index in [1.807, 2.05) is 48.5 Å². The zero-order valence-electron chi connectivity index (χ0n) is 12.1. The molecule has 0 saturated heterocycles. The molecular weight excluding hydrogens is 262 g/mol. The van der Waals surface area contributed by atoms with E-state index in [9.17, 15) is 4.79 Å². The normalized spacial score (nSPS) is 9.95. The third-order valence-electron chi connectivity index (χ3n) is 3.19. The van der Waals surface area contributed by atoms with Crippen molar-refractivity contribution in [1.82, 2.24) is 5.32 Å². The van der Waals surface area contributed by atoms with Crippen LogP contribution in [-0.4, -0.2) is 13.0 Å². The van der Waals surface area contributed by atoms with Crippen LogP contribution in [0, 0.1) is 0 Å². The maximum Gasteiger partial charge on any atom is 0.224 e. The molecule has 3 nitrogen and oxygen atoms in total. The summed E-state index contributed by atoms with van der Waals surface area (Å²) in [4.78, 5) is 11.6. The van der Waals surface area contributed by atoms with E-state index in [4.69, 9.17) is 4.74 Å². The number of ether oxygens (including phenoxy) is 1. The number of likely N-dealkylation sites (N-methyl/N-ethyl adjacent to an activating group) is 1. The molecule has 0 bridgehead atoms. The van der Waals surface area contributed by atoms with Gasteiger partial charge in [0.2, 0.25) is 5.91 Å². The summed E-state index contributed by atoms with van der Waals surface area (Å²) in [5, 5.41) is 2.63. The van der Waals surface area contributed by atoms with E-state index in [0.717, 1.165) is 22.4 Å². The minimum atomic E-state index is -0.0410. The fraction of sp³-hybridized carbons (Fsp3) is 0.167. The highest BCUT2D eigenvalue weighted by molar-refractivity contribution is 5.79. The van der Waals surface area contributed by atoms with Gasteiger partial charge in [-0.05, 0) is 23.3 Å². The molecular formula is C18H19NO2. The third kappa shape index (κ3) is 4.21. The van der Waals surface area contributed by atoms with Crippen molar-refractivity contribution in [2.45, 2.75) is 13.0 Å². The Labute approximate surface area is 125 Å². The quantitative estimate of drug-likeness (QED) is 0.883. The summed E-state index contributed by atoms with van der Waals surface area (Å²) in [6.07, 6.45) is 2.05. The first-order valence-electron chi connectivity index (χ1n) is 6.85. The molecule has 0 aliphatic carbocycles. The number of carbonyl (C=O) groups excluding carboxylic acids is 1. The van der Waals surface area contributed by atoms with E-state index >= 15 is 0 Å². The van der Waals surface area contributed by atoms with Crippen LogP contribution in [0.1, 0.15) is 16.7 Å². The van der Waals surface area contributed by atoms with E-state index < -0.39 is 0 Å². The fourth-order valence-corrected chi connectivity index (χ4v) is 2.00. The summed E-state index contributed by atoms with van der Waals surface area (Å²) in [6, 6.07) is 15.7. The highest BCUT2D eigenvalue weighted by Gasteiger charge is 2.09. The Hall–Kier alpha value is -2.55. The first kappa shape index (κ1) is 14.9. The van der Waals surface area contributed by atoms with Crippen molar-refractivity contribution in [3.8, 4) is 5.75 Å². The molecule has 0 aromatic heterocycles. The molecule has 21 heavy (non-hydrogen) atoms. The Kier molecular flexibility index (Phi) is 5.16. The van der Waals surface area contributed by atoms with Gasteiger partial charge >= 0.3 is 0 Å². The van der Waals surface area contributed by atoms with Crippen LogP contribution in [0.15, 0.2) is 55.1 Å². The lowest BCUT2D eigenvalue weighted by molar-refractivity contribution is -0.119. The number of amides is 1. The van der Waals surface area contributed by atoms with Crippen LogP contribution in [0.25, 0.3) is 6.08 Å². The van der Waals surface area contributed by atoms with Gasteiger partial charge < -0.3 is 10.1 Å². The van der Waals surface area contributed by atoms with Crippen LogP contribution in [0.5, 0.6) is 5.75 Å². The smallest absolute Gasteiger partial charge is 0.224 e. The molecule has 108 valence electrons. The van der Waals surface area contributed by atoms with Gasteiger partial charge in [0, 0.05) is 12.6 Å². The summed E-state index contributed by atoms with van der Waals surface area (Å²) in [5.41, 5.74) is 2.93. The number of hydrogen-bond donors (Lipinski definition) is 1. The predicted molar refractivity (Wildman–Crippen MR) is 85.1 cm³/mol.